The van der Waals surface area contributed by atoms with E-state index in [0.29, 0.717) is 24.0 Å². The van der Waals surface area contributed by atoms with Gasteiger partial charge in [-0.25, -0.2) is 4.99 Å². The smallest absolute Gasteiger partial charge is 0.251 e. The van der Waals surface area contributed by atoms with Crippen LogP contribution in [0.5, 0.6) is 5.75 Å². The first-order chi connectivity index (χ1) is 18.9. The van der Waals surface area contributed by atoms with E-state index in [9.17, 15) is 9.59 Å². The Morgan fingerprint density at radius 3 is 2.56 bits per heavy atom. The van der Waals surface area contributed by atoms with Crippen molar-refractivity contribution in [1.29, 1.82) is 0 Å². The minimum Gasteiger partial charge on any atom is -0.493 e. The van der Waals surface area contributed by atoms with Crippen LogP contribution in [0.1, 0.15) is 62.4 Å². The second-order valence-electron chi connectivity index (χ2n) is 11.1. The summed E-state index contributed by atoms with van der Waals surface area (Å²) in [5, 5.41) is 3.04. The molecule has 2 unspecified atom stereocenters. The van der Waals surface area contributed by atoms with E-state index in [0.717, 1.165) is 95.3 Å². The first kappa shape index (κ1) is 29.5. The quantitative estimate of drug-likeness (QED) is 0.428. The Balaban J connectivity index is 1.50. The second kappa shape index (κ2) is 14.2. The monoisotopic (exact) mass is 542 g/mol. The molecule has 0 radical (unpaired) electrons. The van der Waals surface area contributed by atoms with Crippen molar-refractivity contribution in [3.63, 3.8) is 0 Å². The lowest BCUT2D eigenvalue weighted by Gasteiger charge is -2.37. The maximum absolute atomic E-state index is 13.5. The van der Waals surface area contributed by atoms with Gasteiger partial charge in [0.2, 0.25) is 0 Å². The molecule has 1 aromatic carbocycles. The molecule has 216 valence electrons. The van der Waals surface area contributed by atoms with E-state index in [2.05, 4.69) is 40.0 Å². The largest absolute Gasteiger partial charge is 0.493 e. The van der Waals surface area contributed by atoms with E-state index >= 15 is 0 Å². The zero-order valence-electron chi connectivity index (χ0n) is 24.2. The summed E-state index contributed by atoms with van der Waals surface area (Å²) in [5.41, 5.74) is 3.42. The molecule has 0 spiro atoms. The molecule has 4 rings (SSSR count). The Morgan fingerprint density at radius 2 is 1.87 bits per heavy atom. The molecule has 2 fully saturated rings. The molecule has 2 saturated heterocycles. The summed E-state index contributed by atoms with van der Waals surface area (Å²) in [6.07, 6.45) is 3.60. The van der Waals surface area contributed by atoms with Crippen molar-refractivity contribution < 1.29 is 23.8 Å². The van der Waals surface area contributed by atoms with E-state index in [4.69, 9.17) is 14.2 Å². The van der Waals surface area contributed by atoms with Gasteiger partial charge < -0.3 is 24.4 Å². The Kier molecular flexibility index (Phi) is 10.8. The van der Waals surface area contributed by atoms with Crippen LogP contribution in [-0.4, -0.2) is 94.2 Å². The van der Waals surface area contributed by atoms with Gasteiger partial charge in [0.15, 0.2) is 0 Å². The molecule has 2 amide bonds. The molecule has 0 aliphatic carbocycles. The molecule has 3 aliphatic rings. The van der Waals surface area contributed by atoms with Crippen LogP contribution in [0.4, 0.5) is 5.69 Å². The molecule has 39 heavy (non-hydrogen) atoms. The topological polar surface area (TPSA) is 92.7 Å². The summed E-state index contributed by atoms with van der Waals surface area (Å²) in [6, 6.07) is 4.30. The fourth-order valence-electron chi connectivity index (χ4n) is 5.97. The minimum absolute atomic E-state index is 0.141. The third kappa shape index (κ3) is 7.80. The second-order valence-corrected chi connectivity index (χ2v) is 11.1. The van der Waals surface area contributed by atoms with E-state index in [-0.39, 0.29) is 30.2 Å². The first-order valence-electron chi connectivity index (χ1n) is 14.7. The predicted molar refractivity (Wildman–Crippen MR) is 153 cm³/mol. The third-order valence-electron chi connectivity index (χ3n) is 8.28. The average molecular weight is 543 g/mol. The molecule has 9 heteroatoms. The van der Waals surface area contributed by atoms with Crippen molar-refractivity contribution in [2.75, 3.05) is 70.7 Å². The number of benzene rings is 1. The van der Waals surface area contributed by atoms with Crippen molar-refractivity contribution in [1.82, 2.24) is 10.2 Å². The number of hydrogen-bond acceptors (Lipinski definition) is 7. The van der Waals surface area contributed by atoms with Gasteiger partial charge in [-0.2, -0.15) is 0 Å². The lowest BCUT2D eigenvalue weighted by molar-refractivity contribution is -0.123. The highest BCUT2D eigenvalue weighted by Crippen LogP contribution is 2.33. The molecule has 0 saturated carbocycles. The highest BCUT2D eigenvalue weighted by atomic mass is 16.5. The summed E-state index contributed by atoms with van der Waals surface area (Å²) in [6.45, 7) is 15.8. The van der Waals surface area contributed by atoms with Gasteiger partial charge >= 0.3 is 0 Å². The van der Waals surface area contributed by atoms with E-state index in [1.165, 1.54) is 0 Å². The van der Waals surface area contributed by atoms with E-state index in [1.807, 2.05) is 19.9 Å². The zero-order valence-corrected chi connectivity index (χ0v) is 24.2. The normalized spacial score (nSPS) is 22.9. The number of rotatable bonds is 11. The SMILES string of the molecule is CCN(c1cc(OCCCN2CCOCC2)cc(C(=O)NCC2C(=O)N=C(C)CC2C)c1C)C1CCOCC1. The van der Waals surface area contributed by atoms with Crippen LogP contribution in [0.25, 0.3) is 0 Å². The van der Waals surface area contributed by atoms with Crippen molar-refractivity contribution >= 4 is 23.2 Å². The van der Waals surface area contributed by atoms with Crippen LogP contribution in [0, 0.1) is 18.8 Å². The fraction of sp³-hybridized carbons (Fsp3) is 0.700. The molecule has 0 bridgehead atoms. The lowest BCUT2D eigenvalue weighted by atomic mass is 9.86. The number of hydrogen-bond donors (Lipinski definition) is 1. The molecular weight excluding hydrogens is 496 g/mol. The number of carbonyl (C=O) groups excluding carboxylic acids is 2. The summed E-state index contributed by atoms with van der Waals surface area (Å²) < 4.78 is 17.3. The Labute approximate surface area is 233 Å². The predicted octanol–water partition coefficient (Wildman–Crippen LogP) is 3.47. The van der Waals surface area contributed by atoms with Crippen LogP contribution in [0.2, 0.25) is 0 Å². The molecule has 9 nitrogen and oxygen atoms in total. The number of nitrogens with one attached hydrogen (secondary N) is 1. The van der Waals surface area contributed by atoms with E-state index in [1.54, 1.807) is 0 Å². The molecule has 1 N–H and O–H groups in total. The van der Waals surface area contributed by atoms with Crippen LogP contribution in [0.15, 0.2) is 17.1 Å². The van der Waals surface area contributed by atoms with Gasteiger partial charge in [-0.05, 0) is 64.0 Å². The number of anilines is 1. The van der Waals surface area contributed by atoms with Crippen LogP contribution in [0.3, 0.4) is 0 Å². The van der Waals surface area contributed by atoms with Gasteiger partial charge in [0.1, 0.15) is 5.75 Å². The summed E-state index contributed by atoms with van der Waals surface area (Å²) in [7, 11) is 0. The Bertz CT molecular complexity index is 1020. The van der Waals surface area contributed by atoms with Gasteiger partial charge in [-0.1, -0.05) is 6.92 Å². The highest BCUT2D eigenvalue weighted by molar-refractivity contribution is 6.00. The number of aliphatic imine (C=N–C) groups is 1. The van der Waals surface area contributed by atoms with Gasteiger partial charge in [0.25, 0.3) is 11.8 Å². The summed E-state index contributed by atoms with van der Waals surface area (Å²) >= 11 is 0. The highest BCUT2D eigenvalue weighted by Gasteiger charge is 2.30. The molecule has 2 atom stereocenters. The van der Waals surface area contributed by atoms with Gasteiger partial charge in [-0.15, -0.1) is 0 Å². The van der Waals surface area contributed by atoms with Crippen molar-refractivity contribution in [2.24, 2.45) is 16.8 Å². The minimum atomic E-state index is -0.300. The first-order valence-corrected chi connectivity index (χ1v) is 14.7. The van der Waals surface area contributed by atoms with Gasteiger partial charge in [0.05, 0.1) is 25.7 Å². The number of morpholine rings is 1. The Morgan fingerprint density at radius 1 is 1.15 bits per heavy atom. The molecular formula is C30H46N4O5. The van der Waals surface area contributed by atoms with Gasteiger partial charge in [-0.3, -0.25) is 14.5 Å². The van der Waals surface area contributed by atoms with Crippen molar-refractivity contribution in [2.45, 2.75) is 59.4 Å². The lowest BCUT2D eigenvalue weighted by Crippen LogP contribution is -2.40. The van der Waals surface area contributed by atoms with Crippen LogP contribution < -0.4 is 15.0 Å². The number of ether oxygens (including phenoxy) is 3. The number of nitrogens with zero attached hydrogens (tertiary/aromatic N) is 3. The molecule has 0 aromatic heterocycles. The number of carbonyl (C=O) groups is 2. The van der Waals surface area contributed by atoms with Crippen molar-refractivity contribution in [3.05, 3.63) is 23.3 Å². The summed E-state index contributed by atoms with van der Waals surface area (Å²) in [5.74, 6) is 0.235. The van der Waals surface area contributed by atoms with Crippen LogP contribution in [-0.2, 0) is 14.3 Å². The molecule has 3 heterocycles. The maximum Gasteiger partial charge on any atom is 0.251 e. The standard InChI is InChI=1S/C30H46N4O5/c1-5-34(24-7-13-37-14-8-24)28-19-25(39-12-6-9-33-10-15-38-16-11-33)18-26(23(28)4)29(35)31-20-27-21(2)17-22(3)32-30(27)36/h18-19,21,24,27H,5-17,20H2,1-4H3,(H,31,35). The van der Waals surface area contributed by atoms with E-state index < -0.39 is 0 Å². The zero-order chi connectivity index (χ0) is 27.8. The third-order valence-corrected chi connectivity index (χ3v) is 8.28. The summed E-state index contributed by atoms with van der Waals surface area (Å²) in [4.78, 5) is 35.0. The fourth-order valence-corrected chi connectivity index (χ4v) is 5.97. The van der Waals surface area contributed by atoms with Gasteiger partial charge in [0, 0.05) is 75.0 Å². The Hall–Kier alpha value is -2.49. The van der Waals surface area contributed by atoms with Crippen molar-refractivity contribution in [3.8, 4) is 5.75 Å². The molecule has 1 aromatic rings. The van der Waals surface area contributed by atoms with Crippen LogP contribution >= 0.6 is 0 Å². The average Bonchev–Trinajstić information content (AvgIpc) is 2.93. The number of amides is 2. The maximum atomic E-state index is 13.5. The molecule has 3 aliphatic heterocycles.